The molecule has 0 saturated heterocycles. The summed E-state index contributed by atoms with van der Waals surface area (Å²) in [5, 5.41) is 11.7. The van der Waals surface area contributed by atoms with Crippen molar-refractivity contribution in [2.75, 3.05) is 13.6 Å². The topological polar surface area (TPSA) is 69.6 Å². The van der Waals surface area contributed by atoms with Gasteiger partial charge in [0.25, 0.3) is 0 Å². The number of nitrogens with one attached hydrogen (secondary N) is 1. The summed E-state index contributed by atoms with van der Waals surface area (Å²) in [5.74, 6) is -1.00. The highest BCUT2D eigenvalue weighted by molar-refractivity contribution is 5.79. The van der Waals surface area contributed by atoms with Gasteiger partial charge in [0.15, 0.2) is 0 Å². The fourth-order valence-electron chi connectivity index (χ4n) is 2.31. The molecule has 1 saturated carbocycles. The van der Waals surface area contributed by atoms with Crippen LogP contribution in [0.3, 0.4) is 0 Å². The number of rotatable bonds is 4. The van der Waals surface area contributed by atoms with Crippen molar-refractivity contribution >= 4 is 12.0 Å². The quantitative estimate of drug-likeness (QED) is 0.835. The molecule has 2 unspecified atom stereocenters. The Bertz CT molecular complexity index is 387. The fraction of sp³-hybridized carbons (Fsp3) is 0.833. The van der Waals surface area contributed by atoms with Crippen molar-refractivity contribution in [1.82, 2.24) is 10.2 Å². The Morgan fingerprint density at radius 3 is 2.55 bits per heavy atom. The zero-order chi connectivity index (χ0) is 15.6. The molecule has 0 aliphatic heterocycles. The van der Waals surface area contributed by atoms with Gasteiger partial charge in [0.1, 0.15) is 0 Å². The molecular weight excluding hydrogens is 277 g/mol. The van der Waals surface area contributed by atoms with Gasteiger partial charge in [-0.1, -0.05) is 6.42 Å². The zero-order valence-electron chi connectivity index (χ0n) is 11.5. The second-order valence-corrected chi connectivity index (χ2v) is 5.40. The largest absolute Gasteiger partial charge is 0.481 e. The molecule has 1 rings (SSSR count). The molecule has 0 radical (unpaired) electrons. The van der Waals surface area contributed by atoms with Crippen molar-refractivity contribution in [2.45, 2.75) is 44.8 Å². The lowest BCUT2D eigenvalue weighted by atomic mass is 9.85. The average Bonchev–Trinajstić information content (AvgIpc) is 2.68. The van der Waals surface area contributed by atoms with Crippen LogP contribution < -0.4 is 5.32 Å². The minimum atomic E-state index is -4.32. The molecule has 0 aromatic heterocycles. The van der Waals surface area contributed by atoms with E-state index >= 15 is 0 Å². The van der Waals surface area contributed by atoms with Crippen LogP contribution in [0.1, 0.15) is 32.6 Å². The van der Waals surface area contributed by atoms with Crippen molar-refractivity contribution in [1.29, 1.82) is 0 Å². The van der Waals surface area contributed by atoms with E-state index in [1.807, 2.05) is 0 Å². The lowest BCUT2D eigenvalue weighted by Crippen LogP contribution is -2.51. The fourth-order valence-corrected chi connectivity index (χ4v) is 2.31. The summed E-state index contributed by atoms with van der Waals surface area (Å²) >= 11 is 0. The molecule has 2 atom stereocenters. The molecule has 2 amide bonds. The average molecular weight is 296 g/mol. The maximum Gasteiger partial charge on any atom is 0.390 e. The van der Waals surface area contributed by atoms with E-state index < -0.39 is 42.6 Å². The number of alkyl halides is 3. The Hall–Kier alpha value is -1.47. The monoisotopic (exact) mass is 296 g/mol. The summed E-state index contributed by atoms with van der Waals surface area (Å²) in [6, 6.07) is -1.23. The molecule has 0 aromatic carbocycles. The van der Waals surface area contributed by atoms with E-state index in [2.05, 4.69) is 5.32 Å². The van der Waals surface area contributed by atoms with Gasteiger partial charge in [-0.25, -0.2) is 4.79 Å². The van der Waals surface area contributed by atoms with Gasteiger partial charge >= 0.3 is 18.2 Å². The number of nitrogens with zero attached hydrogens (tertiary/aromatic N) is 1. The van der Waals surface area contributed by atoms with Gasteiger partial charge in [-0.15, -0.1) is 0 Å². The van der Waals surface area contributed by atoms with Gasteiger partial charge in [0, 0.05) is 19.6 Å². The highest BCUT2D eigenvalue weighted by atomic mass is 19.4. The Balaban J connectivity index is 2.55. The number of amides is 2. The summed E-state index contributed by atoms with van der Waals surface area (Å²) in [5.41, 5.74) is -1.06. The molecule has 8 heteroatoms. The smallest absolute Gasteiger partial charge is 0.390 e. The predicted molar refractivity (Wildman–Crippen MR) is 65.2 cm³/mol. The molecule has 0 heterocycles. The zero-order valence-corrected chi connectivity index (χ0v) is 11.5. The van der Waals surface area contributed by atoms with Crippen molar-refractivity contribution < 1.29 is 27.9 Å². The first kappa shape index (κ1) is 16.6. The van der Waals surface area contributed by atoms with E-state index in [-0.39, 0.29) is 0 Å². The summed E-state index contributed by atoms with van der Waals surface area (Å²) < 4.78 is 36.2. The predicted octanol–water partition coefficient (Wildman–Crippen LogP) is 2.22. The van der Waals surface area contributed by atoms with Crippen LogP contribution in [0.15, 0.2) is 0 Å². The van der Waals surface area contributed by atoms with Crippen LogP contribution in [0.4, 0.5) is 18.0 Å². The van der Waals surface area contributed by atoms with Crippen LogP contribution in [0, 0.1) is 5.41 Å². The maximum absolute atomic E-state index is 12.1. The van der Waals surface area contributed by atoms with Crippen molar-refractivity contribution in [3.8, 4) is 0 Å². The Kier molecular flexibility index (Phi) is 4.88. The van der Waals surface area contributed by atoms with E-state index in [9.17, 15) is 27.9 Å². The van der Waals surface area contributed by atoms with Gasteiger partial charge in [0.05, 0.1) is 11.8 Å². The highest BCUT2D eigenvalue weighted by Gasteiger charge is 2.46. The van der Waals surface area contributed by atoms with Gasteiger partial charge in [-0.3, -0.25) is 4.79 Å². The molecule has 1 fully saturated rings. The molecule has 2 N–H and O–H groups in total. The number of hydrogen-bond acceptors (Lipinski definition) is 2. The Morgan fingerprint density at radius 1 is 1.45 bits per heavy atom. The number of carboxylic acid groups (broad SMARTS) is 1. The summed E-state index contributed by atoms with van der Waals surface area (Å²) in [6.07, 6.45) is -3.78. The van der Waals surface area contributed by atoms with Gasteiger partial charge < -0.3 is 15.3 Å². The SMILES string of the molecule is CN(CCC(F)(F)F)C(=O)NC1CCCC1(C)C(=O)O. The first-order chi connectivity index (χ1) is 9.06. The van der Waals surface area contributed by atoms with Crippen molar-refractivity contribution in [3.63, 3.8) is 0 Å². The first-order valence-electron chi connectivity index (χ1n) is 6.38. The normalized spacial score (nSPS) is 26.4. The van der Waals surface area contributed by atoms with E-state index in [0.29, 0.717) is 19.3 Å². The molecule has 1 aliphatic carbocycles. The standard InChI is InChI=1S/C12H19F3N2O3/c1-11(9(18)19)5-3-4-8(11)16-10(20)17(2)7-6-12(13,14)15/h8H,3-7H2,1-2H3,(H,16,20)(H,18,19). The number of carbonyl (C=O) groups is 2. The summed E-state index contributed by atoms with van der Waals surface area (Å²) in [7, 11) is 1.26. The summed E-state index contributed by atoms with van der Waals surface area (Å²) in [4.78, 5) is 23.9. The minimum absolute atomic E-state index is 0.444. The van der Waals surface area contributed by atoms with E-state index in [0.717, 1.165) is 4.90 Å². The van der Waals surface area contributed by atoms with Crippen LogP contribution in [-0.4, -0.2) is 47.8 Å². The number of urea groups is 1. The van der Waals surface area contributed by atoms with Crippen molar-refractivity contribution in [3.05, 3.63) is 0 Å². The Morgan fingerprint density at radius 2 is 2.05 bits per heavy atom. The third-order valence-corrected chi connectivity index (χ3v) is 3.82. The van der Waals surface area contributed by atoms with E-state index in [1.54, 1.807) is 6.92 Å². The first-order valence-corrected chi connectivity index (χ1v) is 6.38. The third kappa shape index (κ3) is 4.01. The molecular formula is C12H19F3N2O3. The number of carbonyl (C=O) groups excluding carboxylic acids is 1. The van der Waals surface area contributed by atoms with Crippen LogP contribution in [0.2, 0.25) is 0 Å². The second-order valence-electron chi connectivity index (χ2n) is 5.40. The molecule has 1 aliphatic rings. The number of aliphatic carboxylic acids is 1. The van der Waals surface area contributed by atoms with E-state index in [4.69, 9.17) is 0 Å². The van der Waals surface area contributed by atoms with Crippen LogP contribution in [0.25, 0.3) is 0 Å². The molecule has 0 aromatic rings. The van der Waals surface area contributed by atoms with Crippen LogP contribution >= 0.6 is 0 Å². The molecule has 5 nitrogen and oxygen atoms in total. The van der Waals surface area contributed by atoms with Gasteiger partial charge in [-0.2, -0.15) is 13.2 Å². The van der Waals surface area contributed by atoms with E-state index in [1.165, 1.54) is 7.05 Å². The summed E-state index contributed by atoms with van der Waals surface area (Å²) in [6.45, 7) is 1.09. The number of halogens is 3. The third-order valence-electron chi connectivity index (χ3n) is 3.82. The Labute approximate surface area is 115 Å². The molecule has 0 bridgehead atoms. The van der Waals surface area contributed by atoms with Gasteiger partial charge in [-0.05, 0) is 19.8 Å². The van der Waals surface area contributed by atoms with Crippen molar-refractivity contribution in [2.24, 2.45) is 5.41 Å². The number of carboxylic acids is 1. The molecule has 0 spiro atoms. The lowest BCUT2D eigenvalue weighted by molar-refractivity contribution is -0.148. The maximum atomic E-state index is 12.1. The number of hydrogen-bond donors (Lipinski definition) is 2. The minimum Gasteiger partial charge on any atom is -0.481 e. The second kappa shape index (κ2) is 5.88. The highest BCUT2D eigenvalue weighted by Crippen LogP contribution is 2.38. The molecule has 20 heavy (non-hydrogen) atoms. The van der Waals surface area contributed by atoms with Gasteiger partial charge in [0.2, 0.25) is 0 Å². The van der Waals surface area contributed by atoms with Crippen LogP contribution in [-0.2, 0) is 4.79 Å². The lowest BCUT2D eigenvalue weighted by Gasteiger charge is -2.29. The van der Waals surface area contributed by atoms with Crippen LogP contribution in [0.5, 0.6) is 0 Å². The molecule has 116 valence electrons.